The van der Waals surface area contributed by atoms with Gasteiger partial charge in [-0.3, -0.25) is 4.28 Å². The Balaban J connectivity index is 3.14. The highest BCUT2D eigenvalue weighted by Gasteiger charge is 2.39. The van der Waals surface area contributed by atoms with Gasteiger partial charge in [0.2, 0.25) is 5.71 Å². The molecular formula is C8H8F3NO3S2. The minimum Gasteiger partial charge on any atom is -0.268 e. The van der Waals surface area contributed by atoms with Gasteiger partial charge in [0.05, 0.1) is 11.1 Å². The number of nitrogens with zero attached hydrogens (tertiary/aromatic N) is 1. The maximum absolute atomic E-state index is 12.6. The van der Waals surface area contributed by atoms with Gasteiger partial charge < -0.3 is 0 Å². The number of alkyl halides is 3. The molecule has 0 aliphatic carbocycles. The van der Waals surface area contributed by atoms with Crippen molar-refractivity contribution in [1.82, 2.24) is 0 Å². The minimum atomic E-state index is -4.78. The van der Waals surface area contributed by atoms with Gasteiger partial charge in [-0.15, -0.1) is 11.3 Å². The van der Waals surface area contributed by atoms with E-state index in [1.54, 1.807) is 6.92 Å². The molecule has 0 fully saturated rings. The average Bonchev–Trinajstić information content (AvgIpc) is 2.47. The predicted octanol–water partition coefficient (Wildman–Crippen LogP) is 2.30. The van der Waals surface area contributed by atoms with Crippen LogP contribution in [0.15, 0.2) is 16.6 Å². The van der Waals surface area contributed by atoms with E-state index in [0.717, 1.165) is 11.3 Å². The topological polar surface area (TPSA) is 55.7 Å². The molecule has 0 aliphatic rings. The highest BCUT2D eigenvalue weighted by molar-refractivity contribution is 7.85. The molecule has 17 heavy (non-hydrogen) atoms. The summed E-state index contributed by atoms with van der Waals surface area (Å²) in [6.45, 7) is 1.62. The maximum atomic E-state index is 12.6. The number of hydrogen-bond acceptors (Lipinski definition) is 5. The van der Waals surface area contributed by atoms with Gasteiger partial charge in [-0.05, 0) is 23.9 Å². The summed E-state index contributed by atoms with van der Waals surface area (Å²) in [6.07, 6.45) is -4.16. The molecule has 0 saturated heterocycles. The summed E-state index contributed by atoms with van der Waals surface area (Å²) >= 11 is 0.809. The van der Waals surface area contributed by atoms with Crippen molar-refractivity contribution in [3.8, 4) is 0 Å². The molecule has 0 aromatic carbocycles. The van der Waals surface area contributed by atoms with E-state index in [9.17, 15) is 21.6 Å². The van der Waals surface area contributed by atoms with Crippen molar-refractivity contribution >= 4 is 27.2 Å². The van der Waals surface area contributed by atoms with E-state index in [1.807, 2.05) is 0 Å². The molecule has 0 saturated carbocycles. The fourth-order valence-electron chi connectivity index (χ4n) is 0.897. The molecule has 0 spiro atoms. The third kappa shape index (κ3) is 4.35. The molecule has 1 rings (SSSR count). The molecule has 0 bridgehead atoms. The van der Waals surface area contributed by atoms with Crippen LogP contribution >= 0.6 is 11.3 Å². The summed E-state index contributed by atoms with van der Waals surface area (Å²) in [6, 6.07) is 1.25. The molecular weight excluding hydrogens is 279 g/mol. The van der Waals surface area contributed by atoms with Crippen LogP contribution in [-0.4, -0.2) is 26.6 Å². The number of hydrogen-bond donors (Lipinski definition) is 0. The van der Waals surface area contributed by atoms with Crippen LogP contribution in [0.4, 0.5) is 13.2 Å². The van der Waals surface area contributed by atoms with Crippen LogP contribution in [0.5, 0.6) is 0 Å². The van der Waals surface area contributed by atoms with Crippen LogP contribution in [0.25, 0.3) is 0 Å². The zero-order valence-electron chi connectivity index (χ0n) is 8.78. The van der Waals surface area contributed by atoms with Gasteiger partial charge >= 0.3 is 16.3 Å². The third-order valence-corrected chi connectivity index (χ3v) is 2.90. The predicted molar refractivity (Wildman–Crippen MR) is 57.6 cm³/mol. The first-order valence-electron chi connectivity index (χ1n) is 4.19. The Hall–Kier alpha value is -1.09. The summed E-state index contributed by atoms with van der Waals surface area (Å²) < 4.78 is 62.8. The fraction of sp³-hybridized carbons (Fsp3) is 0.375. The SMILES string of the molecule is Cc1csc(C(=NOS(C)(=O)=O)C(F)(F)F)c1. The molecule has 0 unspecified atom stereocenters. The third-order valence-electron chi connectivity index (χ3n) is 1.50. The number of oxime groups is 1. The molecule has 1 aromatic heterocycles. The zero-order chi connectivity index (χ0) is 13.3. The van der Waals surface area contributed by atoms with Gasteiger partial charge in [0.1, 0.15) is 0 Å². The molecule has 0 radical (unpaired) electrons. The molecule has 1 heterocycles. The van der Waals surface area contributed by atoms with Crippen LogP contribution < -0.4 is 0 Å². The van der Waals surface area contributed by atoms with E-state index >= 15 is 0 Å². The number of aryl methyl sites for hydroxylation is 1. The van der Waals surface area contributed by atoms with Gasteiger partial charge in [0.15, 0.2) is 0 Å². The van der Waals surface area contributed by atoms with Crippen molar-refractivity contribution in [3.05, 3.63) is 21.9 Å². The second-order valence-corrected chi connectivity index (χ2v) is 5.67. The van der Waals surface area contributed by atoms with E-state index in [0.29, 0.717) is 11.8 Å². The van der Waals surface area contributed by atoms with Crippen molar-refractivity contribution in [2.24, 2.45) is 5.16 Å². The first kappa shape index (κ1) is 14.0. The summed E-state index contributed by atoms with van der Waals surface area (Å²) in [4.78, 5) is -0.196. The zero-order valence-corrected chi connectivity index (χ0v) is 10.4. The van der Waals surface area contributed by atoms with Gasteiger partial charge in [0.25, 0.3) is 0 Å². The van der Waals surface area contributed by atoms with E-state index < -0.39 is 22.0 Å². The maximum Gasteiger partial charge on any atom is 0.438 e. The molecule has 1 aromatic rings. The fourth-order valence-corrected chi connectivity index (χ4v) is 2.01. The standard InChI is InChI=1S/C8H8F3NO3S2/c1-5-3-6(16-4-5)7(8(9,10)11)12-15-17(2,13)14/h3-4H,1-2H3. The van der Waals surface area contributed by atoms with E-state index in [2.05, 4.69) is 9.44 Å². The van der Waals surface area contributed by atoms with Crippen LogP contribution in [-0.2, 0) is 14.4 Å². The first-order chi connectivity index (χ1) is 7.59. The monoisotopic (exact) mass is 287 g/mol. The Labute approximate surface area is 99.8 Å². The Bertz CT molecular complexity index is 530. The number of thiophene rings is 1. The van der Waals surface area contributed by atoms with Crippen LogP contribution in [0.1, 0.15) is 10.4 Å². The number of rotatable bonds is 3. The second-order valence-electron chi connectivity index (χ2n) is 3.20. The Morgan fingerprint density at radius 3 is 2.41 bits per heavy atom. The molecule has 9 heteroatoms. The Morgan fingerprint density at radius 2 is 2.06 bits per heavy atom. The van der Waals surface area contributed by atoms with E-state index in [4.69, 9.17) is 0 Å². The lowest BCUT2D eigenvalue weighted by Gasteiger charge is -2.07. The van der Waals surface area contributed by atoms with Gasteiger partial charge in [-0.1, -0.05) is 5.16 Å². The van der Waals surface area contributed by atoms with Gasteiger partial charge in [0, 0.05) is 0 Å². The van der Waals surface area contributed by atoms with E-state index in [1.165, 1.54) is 11.4 Å². The normalized spacial score (nSPS) is 13.8. The number of halogens is 3. The summed E-state index contributed by atoms with van der Waals surface area (Å²) in [5, 5.41) is 4.16. The second kappa shape index (κ2) is 4.65. The Kier molecular flexibility index (Phi) is 3.82. The lowest BCUT2D eigenvalue weighted by atomic mass is 10.2. The lowest BCUT2D eigenvalue weighted by molar-refractivity contribution is -0.0595. The molecule has 0 aliphatic heterocycles. The minimum absolute atomic E-state index is 0.196. The summed E-state index contributed by atoms with van der Waals surface area (Å²) in [5.41, 5.74) is -0.734. The molecule has 0 atom stereocenters. The molecule has 96 valence electrons. The smallest absolute Gasteiger partial charge is 0.268 e. The van der Waals surface area contributed by atoms with Crippen molar-refractivity contribution in [2.45, 2.75) is 13.1 Å². The summed E-state index contributed by atoms with van der Waals surface area (Å²) in [5.74, 6) is 0. The van der Waals surface area contributed by atoms with Gasteiger partial charge in [-0.25, -0.2) is 0 Å². The highest BCUT2D eigenvalue weighted by atomic mass is 32.2. The molecule has 0 amide bonds. The highest BCUT2D eigenvalue weighted by Crippen LogP contribution is 2.27. The molecule has 4 nitrogen and oxygen atoms in total. The van der Waals surface area contributed by atoms with Gasteiger partial charge in [-0.2, -0.15) is 21.6 Å². The largest absolute Gasteiger partial charge is 0.438 e. The quantitative estimate of drug-likeness (QED) is 0.633. The molecule has 0 N–H and O–H groups in total. The van der Waals surface area contributed by atoms with Crippen LogP contribution in [0.3, 0.4) is 0 Å². The van der Waals surface area contributed by atoms with Crippen LogP contribution in [0, 0.1) is 6.92 Å². The van der Waals surface area contributed by atoms with Crippen LogP contribution in [0.2, 0.25) is 0 Å². The van der Waals surface area contributed by atoms with E-state index in [-0.39, 0.29) is 4.88 Å². The average molecular weight is 287 g/mol. The van der Waals surface area contributed by atoms with Crippen molar-refractivity contribution < 1.29 is 25.9 Å². The van der Waals surface area contributed by atoms with Crippen molar-refractivity contribution in [1.29, 1.82) is 0 Å². The first-order valence-corrected chi connectivity index (χ1v) is 6.88. The van der Waals surface area contributed by atoms with Crippen molar-refractivity contribution in [3.63, 3.8) is 0 Å². The lowest BCUT2D eigenvalue weighted by Crippen LogP contribution is -2.24. The Morgan fingerprint density at radius 1 is 1.47 bits per heavy atom. The van der Waals surface area contributed by atoms with Crippen molar-refractivity contribution in [2.75, 3.05) is 6.26 Å². The summed E-state index contributed by atoms with van der Waals surface area (Å²) in [7, 11) is -4.06.